The number of nitrogen functional groups attached to an aromatic ring is 1. The van der Waals surface area contributed by atoms with Gasteiger partial charge in [-0.2, -0.15) is 0 Å². The molecule has 1 aromatic rings. The van der Waals surface area contributed by atoms with Gasteiger partial charge < -0.3 is 5.43 Å². The van der Waals surface area contributed by atoms with Crippen LogP contribution in [-0.4, -0.2) is 0 Å². The Hall–Kier alpha value is -1.02. The van der Waals surface area contributed by atoms with Crippen molar-refractivity contribution in [3.05, 3.63) is 29.3 Å². The minimum Gasteiger partial charge on any atom is -0.324 e. The van der Waals surface area contributed by atoms with E-state index in [0.717, 1.165) is 12.1 Å². The summed E-state index contributed by atoms with van der Waals surface area (Å²) in [6.45, 7) is 6.58. The molecule has 0 aliphatic heterocycles. The van der Waals surface area contributed by atoms with Crippen molar-refractivity contribution in [2.45, 2.75) is 27.2 Å². The van der Waals surface area contributed by atoms with Gasteiger partial charge in [0.25, 0.3) is 0 Å². The Balaban J connectivity index is 2.85. The maximum absolute atomic E-state index is 5.32. The van der Waals surface area contributed by atoms with Crippen molar-refractivity contribution in [1.82, 2.24) is 0 Å². The van der Waals surface area contributed by atoms with Crippen LogP contribution in [0.4, 0.5) is 5.69 Å². The summed E-state index contributed by atoms with van der Waals surface area (Å²) in [5.74, 6) is 6.02. The van der Waals surface area contributed by atoms with Crippen LogP contribution in [0, 0.1) is 12.8 Å². The average Bonchev–Trinajstić information content (AvgIpc) is 2.08. The molecule has 72 valence electrons. The number of hydrogen-bond donors (Lipinski definition) is 2. The Bertz CT molecular complexity index is 279. The molecular weight excluding hydrogens is 160 g/mol. The van der Waals surface area contributed by atoms with E-state index in [4.69, 9.17) is 5.84 Å². The summed E-state index contributed by atoms with van der Waals surface area (Å²) in [5.41, 5.74) is 6.35. The molecule has 1 rings (SSSR count). The van der Waals surface area contributed by atoms with E-state index in [0.29, 0.717) is 5.92 Å². The lowest BCUT2D eigenvalue weighted by Gasteiger charge is -2.10. The summed E-state index contributed by atoms with van der Waals surface area (Å²) in [7, 11) is 0. The molecule has 2 nitrogen and oxygen atoms in total. The Kier molecular flexibility index (Phi) is 3.32. The lowest BCUT2D eigenvalue weighted by molar-refractivity contribution is 0.645. The number of anilines is 1. The van der Waals surface area contributed by atoms with Gasteiger partial charge in [-0.25, -0.2) is 0 Å². The number of hydrazine groups is 1. The molecule has 0 bridgehead atoms. The molecular formula is C11H18N2. The average molecular weight is 178 g/mol. The summed E-state index contributed by atoms with van der Waals surface area (Å²) < 4.78 is 0. The zero-order chi connectivity index (χ0) is 9.84. The van der Waals surface area contributed by atoms with Gasteiger partial charge in [0.15, 0.2) is 0 Å². The fourth-order valence-corrected chi connectivity index (χ4v) is 1.45. The van der Waals surface area contributed by atoms with Crippen molar-refractivity contribution in [2.24, 2.45) is 11.8 Å². The lowest BCUT2D eigenvalue weighted by atomic mass is 9.98. The van der Waals surface area contributed by atoms with E-state index in [9.17, 15) is 0 Å². The van der Waals surface area contributed by atoms with Crippen LogP contribution in [-0.2, 0) is 6.42 Å². The maximum atomic E-state index is 5.32. The van der Waals surface area contributed by atoms with Gasteiger partial charge in [-0.3, -0.25) is 5.84 Å². The van der Waals surface area contributed by atoms with Crippen LogP contribution in [0.1, 0.15) is 25.0 Å². The highest BCUT2D eigenvalue weighted by Crippen LogP contribution is 2.17. The van der Waals surface area contributed by atoms with Crippen LogP contribution in [0.15, 0.2) is 18.2 Å². The first-order valence-corrected chi connectivity index (χ1v) is 4.69. The second kappa shape index (κ2) is 4.28. The molecule has 0 aromatic heterocycles. The van der Waals surface area contributed by atoms with Gasteiger partial charge in [-0.1, -0.05) is 19.9 Å². The summed E-state index contributed by atoms with van der Waals surface area (Å²) in [6.07, 6.45) is 1.14. The van der Waals surface area contributed by atoms with Crippen molar-refractivity contribution in [2.75, 3.05) is 5.43 Å². The predicted octanol–water partition coefficient (Wildman–Crippen LogP) is 2.48. The van der Waals surface area contributed by atoms with Crippen LogP contribution in [0.25, 0.3) is 0 Å². The maximum Gasteiger partial charge on any atom is 0.0487 e. The van der Waals surface area contributed by atoms with Crippen molar-refractivity contribution in [1.29, 1.82) is 0 Å². The Morgan fingerprint density at radius 3 is 2.54 bits per heavy atom. The van der Waals surface area contributed by atoms with Crippen molar-refractivity contribution in [3.8, 4) is 0 Å². The number of aryl methyl sites for hydroxylation is 1. The van der Waals surface area contributed by atoms with E-state index in [1.807, 2.05) is 6.07 Å². The molecule has 0 amide bonds. The molecule has 0 unspecified atom stereocenters. The smallest absolute Gasteiger partial charge is 0.0487 e. The molecule has 13 heavy (non-hydrogen) atoms. The van der Waals surface area contributed by atoms with E-state index in [1.165, 1.54) is 11.1 Å². The Morgan fingerprint density at radius 2 is 2.08 bits per heavy atom. The molecule has 0 radical (unpaired) electrons. The largest absolute Gasteiger partial charge is 0.324 e. The highest BCUT2D eigenvalue weighted by molar-refractivity contribution is 5.47. The van der Waals surface area contributed by atoms with Gasteiger partial charge in [-0.15, -0.1) is 0 Å². The highest BCUT2D eigenvalue weighted by atomic mass is 15.2. The van der Waals surface area contributed by atoms with E-state index >= 15 is 0 Å². The third kappa shape index (κ3) is 2.74. The second-order valence-electron chi connectivity index (χ2n) is 3.88. The van der Waals surface area contributed by atoms with Crippen LogP contribution in [0.3, 0.4) is 0 Å². The molecule has 0 fully saturated rings. The standard InChI is InChI=1S/C11H18N2/c1-8(2)6-10-4-5-11(13-12)7-9(10)3/h4-5,7-8,13H,6,12H2,1-3H3. The fraction of sp³-hybridized carbons (Fsp3) is 0.455. The number of benzene rings is 1. The zero-order valence-corrected chi connectivity index (χ0v) is 8.59. The quantitative estimate of drug-likeness (QED) is 0.551. The molecule has 0 aliphatic carbocycles. The summed E-state index contributed by atoms with van der Waals surface area (Å²) >= 11 is 0. The minimum atomic E-state index is 0.704. The third-order valence-electron chi connectivity index (χ3n) is 2.14. The molecule has 0 saturated heterocycles. The number of rotatable bonds is 3. The molecule has 2 heteroatoms. The SMILES string of the molecule is Cc1cc(NN)ccc1CC(C)C. The number of nitrogens with two attached hydrogens (primary N) is 1. The summed E-state index contributed by atoms with van der Waals surface area (Å²) in [6, 6.07) is 6.24. The summed E-state index contributed by atoms with van der Waals surface area (Å²) in [4.78, 5) is 0. The van der Waals surface area contributed by atoms with Gasteiger partial charge >= 0.3 is 0 Å². The van der Waals surface area contributed by atoms with Crippen molar-refractivity contribution >= 4 is 5.69 Å². The monoisotopic (exact) mass is 178 g/mol. The van der Waals surface area contributed by atoms with Crippen molar-refractivity contribution in [3.63, 3.8) is 0 Å². The number of hydrogen-bond acceptors (Lipinski definition) is 2. The second-order valence-corrected chi connectivity index (χ2v) is 3.88. The lowest BCUT2D eigenvalue weighted by Crippen LogP contribution is -2.07. The third-order valence-corrected chi connectivity index (χ3v) is 2.14. The van der Waals surface area contributed by atoms with Crippen LogP contribution < -0.4 is 11.3 Å². The normalized spacial score (nSPS) is 10.5. The zero-order valence-electron chi connectivity index (χ0n) is 8.59. The van der Waals surface area contributed by atoms with Crippen molar-refractivity contribution < 1.29 is 0 Å². The van der Waals surface area contributed by atoms with E-state index in [1.54, 1.807) is 0 Å². The van der Waals surface area contributed by atoms with Gasteiger partial charge in [0.05, 0.1) is 0 Å². The van der Waals surface area contributed by atoms with Gasteiger partial charge in [0.1, 0.15) is 0 Å². The molecule has 0 aliphatic rings. The predicted molar refractivity (Wildman–Crippen MR) is 57.5 cm³/mol. The Labute approximate surface area is 80.1 Å². The first-order chi connectivity index (χ1) is 6.13. The highest BCUT2D eigenvalue weighted by Gasteiger charge is 2.01. The molecule has 0 saturated carbocycles. The van der Waals surface area contributed by atoms with E-state index in [-0.39, 0.29) is 0 Å². The van der Waals surface area contributed by atoms with Crippen LogP contribution in [0.2, 0.25) is 0 Å². The van der Waals surface area contributed by atoms with Crippen LogP contribution in [0.5, 0.6) is 0 Å². The summed E-state index contributed by atoms with van der Waals surface area (Å²) in [5, 5.41) is 0. The number of nitrogens with one attached hydrogen (secondary N) is 1. The topological polar surface area (TPSA) is 38.0 Å². The first-order valence-electron chi connectivity index (χ1n) is 4.69. The molecule has 1 aromatic carbocycles. The van der Waals surface area contributed by atoms with E-state index in [2.05, 4.69) is 38.3 Å². The molecule has 0 spiro atoms. The Morgan fingerprint density at radius 1 is 1.38 bits per heavy atom. The van der Waals surface area contributed by atoms with E-state index < -0.39 is 0 Å². The van der Waals surface area contributed by atoms with Gasteiger partial charge in [0.2, 0.25) is 0 Å². The molecule has 0 atom stereocenters. The van der Waals surface area contributed by atoms with Crippen LogP contribution >= 0.6 is 0 Å². The van der Waals surface area contributed by atoms with Gasteiger partial charge in [-0.05, 0) is 42.5 Å². The fourth-order valence-electron chi connectivity index (χ4n) is 1.45. The molecule has 3 N–H and O–H groups in total. The minimum absolute atomic E-state index is 0.704. The van der Waals surface area contributed by atoms with Gasteiger partial charge in [0, 0.05) is 5.69 Å². The first kappa shape index (κ1) is 10.1. The molecule has 0 heterocycles.